The summed E-state index contributed by atoms with van der Waals surface area (Å²) in [5, 5.41) is 4.83. The van der Waals surface area contributed by atoms with Crippen molar-refractivity contribution in [3.05, 3.63) is 243 Å². The highest BCUT2D eigenvalue weighted by Gasteiger charge is 2.21. The quantitative estimate of drug-likeness (QED) is 0.153. The molecule has 0 fully saturated rings. The van der Waals surface area contributed by atoms with Crippen LogP contribution < -0.4 is 0 Å². The fraction of sp³-hybridized carbons (Fsp3) is 0. The first-order valence-corrected chi connectivity index (χ1v) is 23.7. The predicted molar refractivity (Wildman–Crippen MR) is 285 cm³/mol. The summed E-state index contributed by atoms with van der Waals surface area (Å²) in [4.78, 5) is 15.7. The monoisotopic (exact) mass is 884 g/mol. The minimum atomic E-state index is 0.631. The van der Waals surface area contributed by atoms with Gasteiger partial charge in [0.2, 0.25) is 0 Å². The first-order chi connectivity index (χ1) is 33.7. The highest BCUT2D eigenvalue weighted by molar-refractivity contribution is 7.27. The molecule has 3 heterocycles. The van der Waals surface area contributed by atoms with Crippen molar-refractivity contribution in [2.45, 2.75) is 0 Å². The summed E-state index contributed by atoms with van der Waals surface area (Å²) in [5.74, 6) is 1.91. The molecule has 0 aliphatic carbocycles. The van der Waals surface area contributed by atoms with Crippen LogP contribution in [-0.2, 0) is 0 Å². The molecule has 0 aliphatic rings. The van der Waals surface area contributed by atoms with Crippen molar-refractivity contribution in [2.24, 2.45) is 0 Å². The Morgan fingerprint density at radius 3 is 1.26 bits per heavy atom. The first-order valence-electron chi connectivity index (χ1n) is 22.9. The van der Waals surface area contributed by atoms with Gasteiger partial charge in [0.25, 0.3) is 0 Å². The molecule has 0 atom stereocenters. The highest BCUT2D eigenvalue weighted by Crippen LogP contribution is 2.46. The maximum Gasteiger partial charge on any atom is 0.165 e. The van der Waals surface area contributed by atoms with Gasteiger partial charge in [0.15, 0.2) is 17.5 Å². The van der Waals surface area contributed by atoms with E-state index in [1.54, 1.807) is 0 Å². The highest BCUT2D eigenvalue weighted by atomic mass is 32.1. The van der Waals surface area contributed by atoms with Gasteiger partial charge in [-0.2, -0.15) is 0 Å². The summed E-state index contributed by atoms with van der Waals surface area (Å²) in [6.45, 7) is 0. The molecule has 0 N–H and O–H groups in total. The van der Waals surface area contributed by atoms with Gasteiger partial charge >= 0.3 is 0 Å². The summed E-state index contributed by atoms with van der Waals surface area (Å²) < 4.78 is 4.82. The second-order valence-corrected chi connectivity index (χ2v) is 18.2. The van der Waals surface area contributed by atoms with Crippen LogP contribution >= 0.6 is 11.3 Å². The van der Waals surface area contributed by atoms with Gasteiger partial charge < -0.3 is 4.57 Å². The van der Waals surface area contributed by atoms with Crippen LogP contribution in [0.25, 0.3) is 126 Å². The Balaban J connectivity index is 0.969. The van der Waals surface area contributed by atoms with Crippen LogP contribution in [0.4, 0.5) is 0 Å². The summed E-state index contributed by atoms with van der Waals surface area (Å²) in [6.07, 6.45) is 0. The second-order valence-electron chi connectivity index (χ2n) is 17.2. The molecule has 4 nitrogen and oxygen atoms in total. The maximum absolute atomic E-state index is 5.29. The Bertz CT molecular complexity index is 3870. The van der Waals surface area contributed by atoms with E-state index in [0.29, 0.717) is 17.5 Å². The summed E-state index contributed by atoms with van der Waals surface area (Å²) in [7, 11) is 0. The zero-order chi connectivity index (χ0) is 45.0. The Kier molecular flexibility index (Phi) is 9.66. The van der Waals surface area contributed by atoms with Gasteiger partial charge in [-0.15, -0.1) is 11.3 Å². The Morgan fingerprint density at radius 2 is 0.691 bits per heavy atom. The SMILES string of the molecule is c1ccc(-c2ccc(-c3cccc(-n4c5ccccc5c5ccc6c7cccc(-c8nc(-c9ccc(-c%10ccccc%10)cc9)nc(-c9ccc(-c%10ccccc%10)cc9)n8)c7sc6c54)c3)cc2)cc1. The molecular formula is C63H40N4S. The first kappa shape index (κ1) is 39.6. The Labute approximate surface area is 397 Å². The number of rotatable bonds is 8. The molecule has 3 aromatic heterocycles. The maximum atomic E-state index is 5.29. The van der Waals surface area contributed by atoms with E-state index in [1.807, 2.05) is 23.5 Å². The minimum Gasteiger partial charge on any atom is -0.308 e. The van der Waals surface area contributed by atoms with Gasteiger partial charge in [-0.1, -0.05) is 218 Å². The van der Waals surface area contributed by atoms with Crippen molar-refractivity contribution < 1.29 is 0 Å². The third-order valence-corrected chi connectivity index (χ3v) is 14.4. The number of nitrogens with zero attached hydrogens (tertiary/aromatic N) is 4. The van der Waals surface area contributed by atoms with E-state index in [-0.39, 0.29) is 0 Å². The van der Waals surface area contributed by atoms with Crippen LogP contribution in [0.5, 0.6) is 0 Å². The molecule has 10 aromatic carbocycles. The molecule has 0 unspecified atom stereocenters. The molecule has 68 heavy (non-hydrogen) atoms. The molecule has 0 saturated carbocycles. The topological polar surface area (TPSA) is 43.6 Å². The molecule has 0 aliphatic heterocycles. The van der Waals surface area contributed by atoms with E-state index < -0.39 is 0 Å². The van der Waals surface area contributed by atoms with Crippen LogP contribution in [0.2, 0.25) is 0 Å². The number of hydrogen-bond acceptors (Lipinski definition) is 4. The van der Waals surface area contributed by atoms with Gasteiger partial charge in [-0.05, 0) is 68.8 Å². The molecule has 5 heteroatoms. The number of aromatic nitrogens is 4. The average molecular weight is 885 g/mol. The summed E-state index contributed by atoms with van der Waals surface area (Å²) in [6, 6.07) is 86.3. The normalized spacial score (nSPS) is 11.5. The molecule has 0 radical (unpaired) electrons. The molecule has 318 valence electrons. The lowest BCUT2D eigenvalue weighted by Crippen LogP contribution is -2.00. The fourth-order valence-electron chi connectivity index (χ4n) is 9.70. The zero-order valence-electron chi connectivity index (χ0n) is 36.8. The summed E-state index contributed by atoms with van der Waals surface area (Å²) >= 11 is 1.82. The minimum absolute atomic E-state index is 0.631. The molecule has 0 amide bonds. The van der Waals surface area contributed by atoms with E-state index in [1.165, 1.54) is 70.7 Å². The standard InChI is InChI=1S/C63H40N4S/c1-4-14-41(15-5-1)44-26-28-47(29-27-44)50-20-12-21-51(40-50)67-57-25-11-10-22-52(57)53-38-39-55-54-23-13-24-56(59(54)68-60(55)58(53)67)63-65-61(48-34-30-45(31-35-48)42-16-6-2-7-17-42)64-62(66-63)49-36-32-46(33-37-49)43-18-8-3-9-19-43/h1-40H. The van der Waals surface area contributed by atoms with Crippen molar-refractivity contribution >= 4 is 53.3 Å². The average Bonchev–Trinajstić information content (AvgIpc) is 3.98. The molecular weight excluding hydrogens is 845 g/mol. The van der Waals surface area contributed by atoms with Crippen LogP contribution in [-0.4, -0.2) is 19.5 Å². The van der Waals surface area contributed by atoms with Gasteiger partial charge in [0.1, 0.15) is 0 Å². The van der Waals surface area contributed by atoms with Crippen molar-refractivity contribution in [1.29, 1.82) is 0 Å². The lowest BCUT2D eigenvalue weighted by atomic mass is 10.00. The zero-order valence-corrected chi connectivity index (χ0v) is 37.6. The lowest BCUT2D eigenvalue weighted by molar-refractivity contribution is 1.08. The Morgan fingerprint density at radius 1 is 0.279 bits per heavy atom. The van der Waals surface area contributed by atoms with E-state index in [0.717, 1.165) is 38.2 Å². The van der Waals surface area contributed by atoms with E-state index in [2.05, 4.69) is 235 Å². The van der Waals surface area contributed by atoms with Crippen molar-refractivity contribution in [1.82, 2.24) is 19.5 Å². The van der Waals surface area contributed by atoms with E-state index in [9.17, 15) is 0 Å². The number of thiophene rings is 1. The second kappa shape index (κ2) is 16.6. The van der Waals surface area contributed by atoms with Crippen LogP contribution in [0.1, 0.15) is 0 Å². The molecule has 13 aromatic rings. The predicted octanol–water partition coefficient (Wildman–Crippen LogP) is 17.0. The van der Waals surface area contributed by atoms with Gasteiger partial charge in [0.05, 0.1) is 15.7 Å². The summed E-state index contributed by atoms with van der Waals surface area (Å²) in [5.41, 5.74) is 15.7. The van der Waals surface area contributed by atoms with Crippen molar-refractivity contribution in [3.63, 3.8) is 0 Å². The smallest absolute Gasteiger partial charge is 0.165 e. The van der Waals surface area contributed by atoms with E-state index in [4.69, 9.17) is 15.0 Å². The van der Waals surface area contributed by atoms with Crippen LogP contribution in [0, 0.1) is 0 Å². The van der Waals surface area contributed by atoms with Gasteiger partial charge in [0, 0.05) is 48.6 Å². The molecule has 0 bridgehead atoms. The van der Waals surface area contributed by atoms with Crippen LogP contribution in [0.15, 0.2) is 243 Å². The Hall–Kier alpha value is -8.77. The van der Waals surface area contributed by atoms with Crippen molar-refractivity contribution in [3.8, 4) is 84.4 Å². The number of benzene rings is 10. The van der Waals surface area contributed by atoms with Gasteiger partial charge in [-0.3, -0.25) is 0 Å². The van der Waals surface area contributed by atoms with Gasteiger partial charge in [-0.25, -0.2) is 15.0 Å². The largest absolute Gasteiger partial charge is 0.308 e. The number of hydrogen-bond donors (Lipinski definition) is 0. The molecule has 13 rings (SSSR count). The van der Waals surface area contributed by atoms with Crippen LogP contribution in [0.3, 0.4) is 0 Å². The third kappa shape index (κ3) is 6.96. The molecule has 0 saturated heterocycles. The number of para-hydroxylation sites is 1. The van der Waals surface area contributed by atoms with Crippen molar-refractivity contribution in [2.75, 3.05) is 0 Å². The molecule has 0 spiro atoms. The fourth-order valence-corrected chi connectivity index (χ4v) is 11.0. The third-order valence-electron chi connectivity index (χ3n) is 13.1. The lowest BCUT2D eigenvalue weighted by Gasteiger charge is -2.11. The van der Waals surface area contributed by atoms with E-state index >= 15 is 0 Å². The number of fused-ring (bicyclic) bond motifs is 7.